The van der Waals surface area contributed by atoms with Crippen LogP contribution in [0.3, 0.4) is 0 Å². The molecule has 0 aromatic carbocycles. The number of ether oxygens (including phenoxy) is 1. The number of pyridine rings is 1. The molecule has 1 saturated heterocycles. The largest absolute Gasteiger partial charge is 0.667 e. The molecule has 2 heterocycles. The SMILES string of the molecule is O=C(O)c1ccc(N2CC(F)(F)C2)c(OCC2CC2)n1.[NH-]C(CC(N)=O)C(F)(F)F. The monoisotopic (exact) mass is 439 g/mol. The number of nitrogens with zero attached hydrogens (tertiary/aromatic N) is 2. The number of hydrogen-bond acceptors (Lipinski definition) is 5. The topological polar surface area (TPSA) is 130 Å². The summed E-state index contributed by atoms with van der Waals surface area (Å²) in [5.41, 5.74) is 11.0. The van der Waals surface area contributed by atoms with Crippen LogP contribution >= 0.6 is 0 Å². The van der Waals surface area contributed by atoms with E-state index >= 15 is 0 Å². The third-order valence-corrected chi connectivity index (χ3v) is 4.20. The van der Waals surface area contributed by atoms with Crippen LogP contribution in [0.25, 0.3) is 5.73 Å². The molecule has 1 aromatic heterocycles. The highest BCUT2D eigenvalue weighted by atomic mass is 19.4. The van der Waals surface area contributed by atoms with Crippen LogP contribution in [0.2, 0.25) is 0 Å². The molecule has 1 aliphatic carbocycles. The van der Waals surface area contributed by atoms with Gasteiger partial charge in [0.15, 0.2) is 5.69 Å². The van der Waals surface area contributed by atoms with Gasteiger partial charge in [0.05, 0.1) is 19.7 Å². The lowest BCUT2D eigenvalue weighted by Gasteiger charge is -2.40. The first-order valence-corrected chi connectivity index (χ1v) is 8.84. The molecule has 0 bridgehead atoms. The van der Waals surface area contributed by atoms with Gasteiger partial charge in [-0.25, -0.2) is 18.6 Å². The zero-order valence-corrected chi connectivity index (χ0v) is 15.6. The van der Waals surface area contributed by atoms with Crippen LogP contribution in [-0.4, -0.2) is 59.8 Å². The van der Waals surface area contributed by atoms with Crippen molar-refractivity contribution in [3.8, 4) is 5.88 Å². The standard InChI is InChI=1S/C13H14F2N2O3.C4H6F3N2O/c14-13(15)6-17(7-13)10-4-3-9(12(18)19)16-11(10)20-5-8-1-2-8;5-4(6,7)2(8)1-3(9)10/h3-4,8H,1-2,5-7H2,(H,18,19);2,8H,1H2,(H2,9,10)/q;-1. The number of carboxylic acid groups (broad SMARTS) is 1. The van der Waals surface area contributed by atoms with E-state index in [0.29, 0.717) is 18.2 Å². The van der Waals surface area contributed by atoms with Crippen LogP contribution in [0.15, 0.2) is 12.1 Å². The lowest BCUT2D eigenvalue weighted by molar-refractivity contribution is -0.145. The molecule has 0 radical (unpaired) electrons. The van der Waals surface area contributed by atoms with E-state index in [0.717, 1.165) is 12.8 Å². The summed E-state index contributed by atoms with van der Waals surface area (Å²) in [6.45, 7) is -0.324. The molecule has 1 amide bonds. The van der Waals surface area contributed by atoms with Gasteiger partial charge in [-0.2, -0.15) is 13.2 Å². The molecule has 2 fully saturated rings. The third-order valence-electron chi connectivity index (χ3n) is 4.20. The van der Waals surface area contributed by atoms with E-state index in [1.54, 1.807) is 0 Å². The van der Waals surface area contributed by atoms with E-state index in [9.17, 15) is 31.5 Å². The number of aromatic carboxylic acids is 1. The van der Waals surface area contributed by atoms with Crippen LogP contribution in [0.4, 0.5) is 27.6 Å². The summed E-state index contributed by atoms with van der Waals surface area (Å²) in [7, 11) is 0. The fraction of sp³-hybridized carbons (Fsp3) is 0.588. The molecule has 1 unspecified atom stereocenters. The summed E-state index contributed by atoms with van der Waals surface area (Å²) in [5, 5.41) is 8.93. The number of nitrogens with one attached hydrogen (secondary N) is 1. The minimum Gasteiger partial charge on any atom is -0.667 e. The number of alkyl halides is 5. The normalized spacial score (nSPS) is 18.5. The first kappa shape index (κ1) is 23.6. The molecular weight excluding hydrogens is 419 g/mol. The Morgan fingerprint density at radius 2 is 1.93 bits per heavy atom. The molecule has 168 valence electrons. The van der Waals surface area contributed by atoms with Gasteiger partial charge in [0, 0.05) is 6.42 Å². The van der Waals surface area contributed by atoms with Gasteiger partial charge in [0.2, 0.25) is 11.8 Å². The molecule has 1 aromatic rings. The molecular formula is C17H20F5N4O4-. The van der Waals surface area contributed by atoms with E-state index in [-0.39, 0.29) is 24.7 Å². The smallest absolute Gasteiger partial charge is 0.374 e. The number of primary amides is 1. The van der Waals surface area contributed by atoms with Crippen LogP contribution in [0.5, 0.6) is 5.88 Å². The van der Waals surface area contributed by atoms with Crippen molar-refractivity contribution in [3.05, 3.63) is 23.6 Å². The second kappa shape index (κ2) is 8.98. The van der Waals surface area contributed by atoms with Crippen molar-refractivity contribution in [2.24, 2.45) is 11.7 Å². The second-order valence-corrected chi connectivity index (χ2v) is 7.06. The third kappa shape index (κ3) is 6.97. The summed E-state index contributed by atoms with van der Waals surface area (Å²) in [4.78, 5) is 26.1. The number of anilines is 1. The zero-order chi connectivity index (χ0) is 22.7. The molecule has 0 spiro atoms. The maximum atomic E-state index is 12.9. The number of carboxylic acids is 1. The molecule has 13 heteroatoms. The second-order valence-electron chi connectivity index (χ2n) is 7.06. The molecule has 3 rings (SSSR count). The first-order valence-electron chi connectivity index (χ1n) is 8.84. The fourth-order valence-electron chi connectivity index (χ4n) is 2.38. The Morgan fingerprint density at radius 1 is 1.33 bits per heavy atom. The number of nitrogens with two attached hydrogens (primary N) is 1. The lowest BCUT2D eigenvalue weighted by atomic mass is 10.1. The van der Waals surface area contributed by atoms with Crippen molar-refractivity contribution in [1.82, 2.24) is 4.98 Å². The highest BCUT2D eigenvalue weighted by Crippen LogP contribution is 2.37. The number of aromatic nitrogens is 1. The van der Waals surface area contributed by atoms with Gasteiger partial charge < -0.3 is 26.2 Å². The number of hydrogen-bond donors (Lipinski definition) is 2. The van der Waals surface area contributed by atoms with E-state index < -0.39 is 36.4 Å². The predicted molar refractivity (Wildman–Crippen MR) is 94.6 cm³/mol. The van der Waals surface area contributed by atoms with Crippen molar-refractivity contribution >= 4 is 17.6 Å². The Balaban J connectivity index is 0.000000274. The highest BCUT2D eigenvalue weighted by Gasteiger charge is 2.45. The number of carbonyl (C=O) groups is 2. The van der Waals surface area contributed by atoms with Crippen molar-refractivity contribution in [3.63, 3.8) is 0 Å². The van der Waals surface area contributed by atoms with Gasteiger partial charge in [-0.3, -0.25) is 4.79 Å². The molecule has 8 nitrogen and oxygen atoms in total. The summed E-state index contributed by atoms with van der Waals surface area (Å²) in [5.74, 6) is -4.37. The van der Waals surface area contributed by atoms with E-state index in [1.807, 2.05) is 0 Å². The zero-order valence-electron chi connectivity index (χ0n) is 15.6. The molecule has 1 saturated carbocycles. The van der Waals surface area contributed by atoms with Gasteiger partial charge in [-0.1, -0.05) is 0 Å². The number of carbonyl (C=O) groups excluding carboxylic acids is 1. The van der Waals surface area contributed by atoms with Gasteiger partial charge in [-0.15, -0.1) is 0 Å². The minimum atomic E-state index is -4.64. The Labute approximate surface area is 168 Å². The van der Waals surface area contributed by atoms with Crippen LogP contribution < -0.4 is 15.4 Å². The van der Waals surface area contributed by atoms with Gasteiger partial charge in [0.1, 0.15) is 5.69 Å². The molecule has 2 aliphatic rings. The minimum absolute atomic E-state index is 0.132. The van der Waals surface area contributed by atoms with Crippen LogP contribution in [-0.2, 0) is 4.79 Å². The summed E-state index contributed by atoms with van der Waals surface area (Å²) in [6, 6.07) is 0.400. The number of rotatable bonds is 7. The Bertz CT molecular complexity index is 778. The Kier molecular flexibility index (Phi) is 7.06. The highest BCUT2D eigenvalue weighted by molar-refractivity contribution is 5.86. The van der Waals surface area contributed by atoms with E-state index in [4.69, 9.17) is 15.6 Å². The predicted octanol–water partition coefficient (Wildman–Crippen LogP) is 2.87. The van der Waals surface area contributed by atoms with Crippen molar-refractivity contribution in [1.29, 1.82) is 0 Å². The van der Waals surface area contributed by atoms with Gasteiger partial charge >= 0.3 is 12.1 Å². The molecule has 1 aliphatic heterocycles. The average molecular weight is 439 g/mol. The van der Waals surface area contributed by atoms with Crippen molar-refractivity contribution in [2.45, 2.75) is 37.4 Å². The number of halogens is 5. The first-order chi connectivity index (χ1) is 13.8. The summed E-state index contributed by atoms with van der Waals surface area (Å²) >= 11 is 0. The Hall–Kier alpha value is -2.70. The summed E-state index contributed by atoms with van der Waals surface area (Å²) in [6.07, 6.45) is -3.45. The van der Waals surface area contributed by atoms with Crippen molar-refractivity contribution in [2.75, 3.05) is 24.6 Å². The molecule has 4 N–H and O–H groups in total. The van der Waals surface area contributed by atoms with Crippen molar-refractivity contribution < 1.29 is 41.4 Å². The molecule has 30 heavy (non-hydrogen) atoms. The van der Waals surface area contributed by atoms with Crippen LogP contribution in [0.1, 0.15) is 29.8 Å². The van der Waals surface area contributed by atoms with E-state index in [2.05, 4.69) is 10.7 Å². The Morgan fingerprint density at radius 3 is 2.33 bits per heavy atom. The van der Waals surface area contributed by atoms with Crippen LogP contribution in [0, 0.1) is 5.92 Å². The lowest BCUT2D eigenvalue weighted by Crippen LogP contribution is -2.56. The molecule has 1 atom stereocenters. The fourth-order valence-corrected chi connectivity index (χ4v) is 2.38. The summed E-state index contributed by atoms with van der Waals surface area (Å²) < 4.78 is 65.6. The van der Waals surface area contributed by atoms with Gasteiger partial charge in [0.25, 0.3) is 5.92 Å². The number of amides is 1. The maximum Gasteiger partial charge on any atom is 0.374 e. The average Bonchev–Trinajstić information content (AvgIpc) is 3.41. The maximum absolute atomic E-state index is 12.9. The van der Waals surface area contributed by atoms with Gasteiger partial charge in [-0.05, 0) is 36.9 Å². The quantitative estimate of drug-likeness (QED) is 0.629. The van der Waals surface area contributed by atoms with E-state index in [1.165, 1.54) is 17.0 Å².